The molecule has 2 aromatic rings. The Balaban J connectivity index is 2.16. The number of nitrogens with one attached hydrogen (secondary N) is 1. The first-order chi connectivity index (χ1) is 9.44. The van der Waals surface area contributed by atoms with Gasteiger partial charge >= 0.3 is 0 Å². The highest BCUT2D eigenvalue weighted by Crippen LogP contribution is 2.27. The number of thiophene rings is 1. The summed E-state index contributed by atoms with van der Waals surface area (Å²) in [5.41, 5.74) is 0.650. The molecule has 20 heavy (non-hydrogen) atoms. The van der Waals surface area contributed by atoms with Gasteiger partial charge in [0.2, 0.25) is 10.0 Å². The normalized spacial score (nSPS) is 13.6. The molecule has 0 fully saturated rings. The van der Waals surface area contributed by atoms with Crippen molar-refractivity contribution >= 4 is 21.4 Å². The second-order valence-electron chi connectivity index (χ2n) is 4.63. The third kappa shape index (κ3) is 3.29. The van der Waals surface area contributed by atoms with Crippen LogP contribution in [0.3, 0.4) is 0 Å². The minimum Gasteiger partial charge on any atom is -0.469 e. The number of aliphatic hydroxyl groups is 1. The first-order valence-corrected chi connectivity index (χ1v) is 8.53. The van der Waals surface area contributed by atoms with Crippen molar-refractivity contribution in [3.63, 3.8) is 0 Å². The Hall–Kier alpha value is -1.15. The van der Waals surface area contributed by atoms with E-state index < -0.39 is 10.0 Å². The lowest BCUT2D eigenvalue weighted by atomic mass is 10.2. The summed E-state index contributed by atoms with van der Waals surface area (Å²) in [6.07, 6.45) is 2.04. The Labute approximate surface area is 122 Å². The predicted octanol–water partition coefficient (Wildman–Crippen LogP) is 2.05. The third-order valence-electron chi connectivity index (χ3n) is 2.85. The van der Waals surface area contributed by atoms with Crippen LogP contribution in [0.15, 0.2) is 33.1 Å². The first kappa shape index (κ1) is 15.2. The fourth-order valence-electron chi connectivity index (χ4n) is 2.05. The van der Waals surface area contributed by atoms with Gasteiger partial charge in [-0.05, 0) is 36.9 Å². The smallest absolute Gasteiger partial charge is 0.242 e. The molecule has 2 aromatic heterocycles. The van der Waals surface area contributed by atoms with Crippen LogP contribution in [0.2, 0.25) is 0 Å². The lowest BCUT2D eigenvalue weighted by Crippen LogP contribution is -2.34. The maximum atomic E-state index is 12.4. The Morgan fingerprint density at radius 1 is 1.50 bits per heavy atom. The molecule has 0 aliphatic heterocycles. The van der Waals surface area contributed by atoms with Crippen LogP contribution in [-0.4, -0.2) is 19.6 Å². The van der Waals surface area contributed by atoms with Gasteiger partial charge in [-0.3, -0.25) is 0 Å². The highest BCUT2D eigenvalue weighted by molar-refractivity contribution is 7.89. The van der Waals surface area contributed by atoms with E-state index in [1.54, 1.807) is 37.6 Å². The maximum absolute atomic E-state index is 12.4. The van der Waals surface area contributed by atoms with Gasteiger partial charge in [0.05, 0.1) is 17.7 Å². The topological polar surface area (TPSA) is 79.5 Å². The van der Waals surface area contributed by atoms with Gasteiger partial charge in [0.25, 0.3) is 0 Å². The number of hydrogen-bond donors (Lipinski definition) is 2. The van der Waals surface area contributed by atoms with Crippen molar-refractivity contribution in [3.8, 4) is 0 Å². The summed E-state index contributed by atoms with van der Waals surface area (Å²) in [6, 6.07) is 3.28. The second-order valence-corrected chi connectivity index (χ2v) is 7.25. The van der Waals surface area contributed by atoms with Crippen LogP contribution in [0.25, 0.3) is 0 Å². The Morgan fingerprint density at radius 2 is 2.25 bits per heavy atom. The summed E-state index contributed by atoms with van der Waals surface area (Å²) in [7, 11) is -3.63. The SMILES string of the molecule is Cc1csc(CO)c1S(=O)(=O)NC(C)Cc1ccco1. The fraction of sp³-hybridized carbons (Fsp3) is 0.385. The van der Waals surface area contributed by atoms with Crippen molar-refractivity contribution in [1.82, 2.24) is 4.72 Å². The number of rotatable bonds is 6. The van der Waals surface area contributed by atoms with Crippen LogP contribution in [0.5, 0.6) is 0 Å². The summed E-state index contributed by atoms with van der Waals surface area (Å²) in [6.45, 7) is 3.23. The molecule has 7 heteroatoms. The molecule has 2 N–H and O–H groups in total. The number of aryl methyl sites for hydroxylation is 1. The molecule has 110 valence electrons. The molecular weight excluding hydrogens is 298 g/mol. The molecule has 0 aliphatic rings. The maximum Gasteiger partial charge on any atom is 0.242 e. The van der Waals surface area contributed by atoms with Gasteiger partial charge in [-0.25, -0.2) is 13.1 Å². The standard InChI is InChI=1S/C13H17NO4S2/c1-9-8-19-12(7-15)13(9)20(16,17)14-10(2)6-11-4-3-5-18-11/h3-5,8,10,14-15H,6-7H2,1-2H3. The Morgan fingerprint density at radius 3 is 2.85 bits per heavy atom. The van der Waals surface area contributed by atoms with Gasteiger partial charge in [-0.15, -0.1) is 11.3 Å². The van der Waals surface area contributed by atoms with E-state index in [1.807, 2.05) is 0 Å². The summed E-state index contributed by atoms with van der Waals surface area (Å²) in [5, 5.41) is 11.0. The summed E-state index contributed by atoms with van der Waals surface area (Å²) >= 11 is 1.25. The molecule has 0 saturated heterocycles. The van der Waals surface area contributed by atoms with E-state index in [0.29, 0.717) is 16.9 Å². The molecule has 0 radical (unpaired) electrons. The van der Waals surface area contributed by atoms with Gasteiger partial charge < -0.3 is 9.52 Å². The van der Waals surface area contributed by atoms with E-state index in [4.69, 9.17) is 4.42 Å². The zero-order valence-electron chi connectivity index (χ0n) is 11.3. The van der Waals surface area contributed by atoms with Crippen LogP contribution in [-0.2, 0) is 23.1 Å². The quantitative estimate of drug-likeness (QED) is 0.855. The molecule has 2 rings (SSSR count). The molecule has 1 atom stereocenters. The lowest BCUT2D eigenvalue weighted by molar-refractivity contribution is 0.282. The van der Waals surface area contributed by atoms with Crippen molar-refractivity contribution in [3.05, 3.63) is 40.0 Å². The van der Waals surface area contributed by atoms with Crippen LogP contribution >= 0.6 is 11.3 Å². The summed E-state index contributed by atoms with van der Waals surface area (Å²) in [4.78, 5) is 0.650. The van der Waals surface area contributed by atoms with E-state index in [9.17, 15) is 13.5 Å². The molecule has 2 heterocycles. The monoisotopic (exact) mass is 315 g/mol. The number of hydrogen-bond acceptors (Lipinski definition) is 5. The van der Waals surface area contributed by atoms with E-state index in [1.165, 1.54) is 11.3 Å². The minimum absolute atomic E-state index is 0.191. The molecule has 0 bridgehead atoms. The van der Waals surface area contributed by atoms with Gasteiger partial charge in [-0.2, -0.15) is 0 Å². The first-order valence-electron chi connectivity index (χ1n) is 6.16. The molecule has 0 amide bonds. The van der Waals surface area contributed by atoms with Crippen LogP contribution < -0.4 is 4.72 Å². The number of aliphatic hydroxyl groups excluding tert-OH is 1. The molecule has 0 aliphatic carbocycles. The van der Waals surface area contributed by atoms with Crippen LogP contribution in [0.4, 0.5) is 0 Å². The van der Waals surface area contributed by atoms with E-state index in [-0.39, 0.29) is 17.5 Å². The molecule has 5 nitrogen and oxygen atoms in total. The average Bonchev–Trinajstić information content (AvgIpc) is 2.97. The van der Waals surface area contributed by atoms with E-state index in [2.05, 4.69) is 4.72 Å². The van der Waals surface area contributed by atoms with Crippen LogP contribution in [0, 0.1) is 6.92 Å². The minimum atomic E-state index is -3.63. The highest BCUT2D eigenvalue weighted by Gasteiger charge is 2.24. The fourth-order valence-corrected chi connectivity index (χ4v) is 4.96. The average molecular weight is 315 g/mol. The molecule has 1 unspecified atom stereocenters. The van der Waals surface area contributed by atoms with Crippen molar-refractivity contribution in [2.24, 2.45) is 0 Å². The van der Waals surface area contributed by atoms with Gasteiger partial charge in [0, 0.05) is 12.5 Å². The van der Waals surface area contributed by atoms with Gasteiger partial charge in [-0.1, -0.05) is 0 Å². The predicted molar refractivity (Wildman–Crippen MR) is 77.2 cm³/mol. The molecule has 0 aromatic carbocycles. The number of sulfonamides is 1. The lowest BCUT2D eigenvalue weighted by Gasteiger charge is -2.14. The largest absolute Gasteiger partial charge is 0.469 e. The number of furan rings is 1. The van der Waals surface area contributed by atoms with Crippen molar-refractivity contribution in [2.45, 2.75) is 37.8 Å². The van der Waals surface area contributed by atoms with Crippen LogP contribution in [0.1, 0.15) is 23.1 Å². The van der Waals surface area contributed by atoms with Gasteiger partial charge in [0.1, 0.15) is 10.7 Å². The zero-order valence-corrected chi connectivity index (χ0v) is 12.9. The highest BCUT2D eigenvalue weighted by atomic mass is 32.2. The van der Waals surface area contributed by atoms with E-state index in [0.717, 1.165) is 5.76 Å². The Kier molecular flexibility index (Phi) is 4.64. The molecule has 0 spiro atoms. The second kappa shape index (κ2) is 6.09. The van der Waals surface area contributed by atoms with Crippen molar-refractivity contribution in [2.75, 3.05) is 0 Å². The van der Waals surface area contributed by atoms with Crippen molar-refractivity contribution < 1.29 is 17.9 Å². The molecular formula is C13H17NO4S2. The summed E-state index contributed by atoms with van der Waals surface area (Å²) < 4.78 is 32.6. The van der Waals surface area contributed by atoms with Crippen molar-refractivity contribution in [1.29, 1.82) is 0 Å². The third-order valence-corrected chi connectivity index (χ3v) is 5.88. The zero-order chi connectivity index (χ0) is 14.8. The Bertz CT molecular complexity index is 659. The van der Waals surface area contributed by atoms with Gasteiger partial charge in [0.15, 0.2) is 0 Å². The van der Waals surface area contributed by atoms with E-state index >= 15 is 0 Å². The molecule has 0 saturated carbocycles. The summed E-state index contributed by atoms with van der Waals surface area (Å²) in [5.74, 6) is 0.727.